The van der Waals surface area contributed by atoms with Gasteiger partial charge in [-0.25, -0.2) is 0 Å². The van der Waals surface area contributed by atoms with Gasteiger partial charge in [-0.15, -0.1) is 0 Å². The van der Waals surface area contributed by atoms with Crippen molar-refractivity contribution in [2.45, 2.75) is 45.7 Å². The van der Waals surface area contributed by atoms with E-state index in [0.717, 1.165) is 6.54 Å². The Kier molecular flexibility index (Phi) is 4.87. The van der Waals surface area contributed by atoms with Crippen molar-refractivity contribution in [3.8, 4) is 0 Å². The number of rotatable bonds is 3. The van der Waals surface area contributed by atoms with E-state index in [1.807, 2.05) is 0 Å². The Labute approximate surface area is 123 Å². The normalized spacial score (nSPS) is 37.4. The molecule has 2 N–H and O–H groups in total. The van der Waals surface area contributed by atoms with E-state index in [4.69, 9.17) is 5.73 Å². The lowest BCUT2D eigenvalue weighted by atomic mass is 9.78. The molecule has 0 aromatic rings. The maximum Gasteiger partial charge on any atom is 0.0428 e. The van der Waals surface area contributed by atoms with Crippen LogP contribution in [0.3, 0.4) is 0 Å². The Hall–Kier alpha value is 0.230. The first-order chi connectivity index (χ1) is 8.92. The predicted molar refractivity (Wildman–Crippen MR) is 85.8 cm³/mol. The molecule has 2 heterocycles. The third kappa shape index (κ3) is 3.29. The van der Waals surface area contributed by atoms with Crippen molar-refractivity contribution < 1.29 is 0 Å². The minimum Gasteiger partial charge on any atom is -0.329 e. The quantitative estimate of drug-likeness (QED) is 0.858. The largest absolute Gasteiger partial charge is 0.329 e. The first-order valence-corrected chi connectivity index (χ1v) is 8.85. The minimum atomic E-state index is 0.237. The van der Waals surface area contributed by atoms with Crippen molar-refractivity contribution in [1.29, 1.82) is 0 Å². The molecule has 0 radical (unpaired) electrons. The SMILES string of the molecule is CCN1CCN(C2(CN)CSCC(C)(C)C2)CC1C. The van der Waals surface area contributed by atoms with Gasteiger partial charge in [-0.3, -0.25) is 9.80 Å². The molecular weight excluding hydrogens is 254 g/mol. The molecule has 0 aromatic carbocycles. The van der Waals surface area contributed by atoms with E-state index < -0.39 is 0 Å². The average Bonchev–Trinajstić information content (AvgIpc) is 2.37. The highest BCUT2D eigenvalue weighted by molar-refractivity contribution is 7.99. The molecule has 112 valence electrons. The Morgan fingerprint density at radius 3 is 2.53 bits per heavy atom. The summed E-state index contributed by atoms with van der Waals surface area (Å²) >= 11 is 2.10. The van der Waals surface area contributed by atoms with Crippen LogP contribution >= 0.6 is 11.8 Å². The Bertz CT molecular complexity index is 308. The van der Waals surface area contributed by atoms with Crippen molar-refractivity contribution in [2.24, 2.45) is 11.1 Å². The van der Waals surface area contributed by atoms with Crippen molar-refractivity contribution >= 4 is 11.8 Å². The van der Waals surface area contributed by atoms with E-state index in [2.05, 4.69) is 49.3 Å². The Balaban J connectivity index is 2.09. The molecule has 2 atom stereocenters. The lowest BCUT2D eigenvalue weighted by Crippen LogP contribution is -2.65. The second kappa shape index (κ2) is 5.92. The van der Waals surface area contributed by atoms with Gasteiger partial charge in [-0.2, -0.15) is 11.8 Å². The van der Waals surface area contributed by atoms with E-state index in [1.165, 1.54) is 44.1 Å². The number of nitrogens with zero attached hydrogens (tertiary/aromatic N) is 2. The van der Waals surface area contributed by atoms with E-state index in [0.29, 0.717) is 11.5 Å². The van der Waals surface area contributed by atoms with Crippen molar-refractivity contribution in [1.82, 2.24) is 9.80 Å². The first-order valence-electron chi connectivity index (χ1n) is 7.69. The zero-order chi connectivity index (χ0) is 14.1. The molecule has 19 heavy (non-hydrogen) atoms. The third-order valence-electron chi connectivity index (χ3n) is 4.89. The van der Waals surface area contributed by atoms with E-state index in [9.17, 15) is 0 Å². The van der Waals surface area contributed by atoms with Gasteiger partial charge in [0.05, 0.1) is 0 Å². The smallest absolute Gasteiger partial charge is 0.0428 e. The van der Waals surface area contributed by atoms with Gasteiger partial charge >= 0.3 is 0 Å². The summed E-state index contributed by atoms with van der Waals surface area (Å²) in [6.45, 7) is 15.0. The number of hydrogen-bond acceptors (Lipinski definition) is 4. The van der Waals surface area contributed by atoms with Crippen LogP contribution in [0.5, 0.6) is 0 Å². The average molecular weight is 286 g/mol. The van der Waals surface area contributed by atoms with Crippen LogP contribution in [0.15, 0.2) is 0 Å². The summed E-state index contributed by atoms with van der Waals surface area (Å²) in [6.07, 6.45) is 1.25. The number of nitrogens with two attached hydrogens (primary N) is 1. The Morgan fingerprint density at radius 2 is 2.00 bits per heavy atom. The molecular formula is C15H31N3S. The molecule has 2 aliphatic rings. The molecule has 2 unspecified atom stereocenters. The van der Waals surface area contributed by atoms with E-state index in [-0.39, 0.29) is 5.54 Å². The molecule has 0 aromatic heterocycles. The molecule has 2 aliphatic heterocycles. The fourth-order valence-corrected chi connectivity index (χ4v) is 5.41. The molecule has 0 bridgehead atoms. The summed E-state index contributed by atoms with van der Waals surface area (Å²) in [5.74, 6) is 2.49. The molecule has 0 saturated carbocycles. The van der Waals surface area contributed by atoms with Gasteiger partial charge in [0, 0.05) is 43.5 Å². The van der Waals surface area contributed by atoms with Crippen LogP contribution in [0.1, 0.15) is 34.1 Å². The maximum absolute atomic E-state index is 6.23. The van der Waals surface area contributed by atoms with Gasteiger partial charge in [-0.05, 0) is 31.1 Å². The van der Waals surface area contributed by atoms with Crippen molar-refractivity contribution in [3.05, 3.63) is 0 Å². The monoisotopic (exact) mass is 285 g/mol. The fraction of sp³-hybridized carbons (Fsp3) is 1.00. The zero-order valence-corrected chi connectivity index (χ0v) is 13.9. The molecule has 2 saturated heterocycles. The molecule has 0 aliphatic carbocycles. The van der Waals surface area contributed by atoms with Crippen molar-refractivity contribution in [3.63, 3.8) is 0 Å². The second-order valence-corrected chi connectivity index (χ2v) is 8.17. The highest BCUT2D eigenvalue weighted by atomic mass is 32.2. The number of hydrogen-bond donors (Lipinski definition) is 1. The van der Waals surface area contributed by atoms with E-state index in [1.54, 1.807) is 0 Å². The van der Waals surface area contributed by atoms with E-state index >= 15 is 0 Å². The molecule has 3 nitrogen and oxygen atoms in total. The first kappa shape index (κ1) is 15.6. The third-order valence-corrected chi connectivity index (χ3v) is 6.62. The lowest BCUT2D eigenvalue weighted by Gasteiger charge is -2.54. The van der Waals surface area contributed by atoms with Crippen LogP contribution in [0, 0.1) is 5.41 Å². The summed E-state index contributed by atoms with van der Waals surface area (Å²) in [5.41, 5.74) is 6.89. The molecule has 2 rings (SSSR count). The number of piperazine rings is 1. The summed E-state index contributed by atoms with van der Waals surface area (Å²) in [7, 11) is 0. The second-order valence-electron chi connectivity index (χ2n) is 7.19. The summed E-state index contributed by atoms with van der Waals surface area (Å²) < 4.78 is 0. The fourth-order valence-electron chi connectivity index (χ4n) is 3.87. The molecule has 2 fully saturated rings. The summed E-state index contributed by atoms with van der Waals surface area (Å²) in [6, 6.07) is 0.664. The summed E-state index contributed by atoms with van der Waals surface area (Å²) in [5, 5.41) is 0. The number of likely N-dealkylation sites (N-methyl/N-ethyl adjacent to an activating group) is 1. The highest BCUT2D eigenvalue weighted by Gasteiger charge is 2.45. The van der Waals surface area contributed by atoms with Crippen LogP contribution in [0.25, 0.3) is 0 Å². The predicted octanol–water partition coefficient (Wildman–Crippen LogP) is 1.87. The van der Waals surface area contributed by atoms with Gasteiger partial charge in [0.15, 0.2) is 0 Å². The molecule has 0 spiro atoms. The van der Waals surface area contributed by atoms with Crippen LogP contribution in [0.4, 0.5) is 0 Å². The lowest BCUT2D eigenvalue weighted by molar-refractivity contribution is 0.0000977. The van der Waals surface area contributed by atoms with Crippen molar-refractivity contribution in [2.75, 3.05) is 44.2 Å². The topological polar surface area (TPSA) is 32.5 Å². The van der Waals surface area contributed by atoms with Gasteiger partial charge in [0.25, 0.3) is 0 Å². The van der Waals surface area contributed by atoms with Crippen LogP contribution in [0.2, 0.25) is 0 Å². The molecule has 0 amide bonds. The number of thioether (sulfide) groups is 1. The van der Waals surface area contributed by atoms with Gasteiger partial charge in [-0.1, -0.05) is 20.8 Å². The van der Waals surface area contributed by atoms with Crippen LogP contribution < -0.4 is 5.73 Å². The molecule has 4 heteroatoms. The standard InChI is InChI=1S/C15H31N3S/c1-5-17-6-7-18(8-13(17)2)15(10-16)9-14(3,4)11-19-12-15/h13H,5-12,16H2,1-4H3. The van der Waals surface area contributed by atoms with Gasteiger partial charge in [0.2, 0.25) is 0 Å². The highest BCUT2D eigenvalue weighted by Crippen LogP contribution is 2.42. The zero-order valence-electron chi connectivity index (χ0n) is 13.1. The van der Waals surface area contributed by atoms with Crippen LogP contribution in [-0.4, -0.2) is 65.6 Å². The van der Waals surface area contributed by atoms with Gasteiger partial charge in [0.1, 0.15) is 0 Å². The maximum atomic E-state index is 6.23. The van der Waals surface area contributed by atoms with Crippen LogP contribution in [-0.2, 0) is 0 Å². The van der Waals surface area contributed by atoms with Gasteiger partial charge < -0.3 is 5.73 Å². The Morgan fingerprint density at radius 1 is 1.26 bits per heavy atom. The summed E-state index contributed by atoms with van der Waals surface area (Å²) in [4.78, 5) is 5.29. The minimum absolute atomic E-state index is 0.237.